The maximum atomic E-state index is 10.9. The maximum Gasteiger partial charge on any atom is 0.298 e. The molecule has 0 amide bonds. The van der Waals surface area contributed by atoms with E-state index in [9.17, 15) is 13.5 Å². The van der Waals surface area contributed by atoms with Gasteiger partial charge in [0.25, 0.3) is 10.1 Å². The van der Waals surface area contributed by atoms with Crippen molar-refractivity contribution >= 4 is 26.6 Å². The van der Waals surface area contributed by atoms with Crippen LogP contribution in [0.3, 0.4) is 0 Å². The molecule has 0 unspecified atom stereocenters. The first-order valence-corrected chi connectivity index (χ1v) is 5.82. The van der Waals surface area contributed by atoms with Crippen molar-refractivity contribution in [1.29, 1.82) is 0 Å². The van der Waals surface area contributed by atoms with Crippen LogP contribution in [0.15, 0.2) is 35.2 Å². The molecule has 0 atom stereocenters. The van der Waals surface area contributed by atoms with Crippen molar-refractivity contribution in [3.63, 3.8) is 0 Å². The average Bonchev–Trinajstić information content (AvgIpc) is 2.17. The monoisotopic (exact) mass is 239 g/mol. The van der Waals surface area contributed by atoms with Crippen molar-refractivity contribution in [1.82, 2.24) is 0 Å². The van der Waals surface area contributed by atoms with E-state index in [1.54, 1.807) is 12.1 Å². The van der Waals surface area contributed by atoms with E-state index in [0.29, 0.717) is 11.1 Å². The molecule has 0 aromatic heterocycles. The van der Waals surface area contributed by atoms with E-state index in [4.69, 9.17) is 10.3 Å². The smallest absolute Gasteiger partial charge is 0.298 e. The molecule has 0 saturated heterocycles. The van der Waals surface area contributed by atoms with Crippen LogP contribution >= 0.6 is 0 Å². The lowest BCUT2D eigenvalue weighted by atomic mass is 10.1. The number of nitrogens with two attached hydrogens (primary N) is 1. The van der Waals surface area contributed by atoms with E-state index in [2.05, 4.69) is 0 Å². The lowest BCUT2D eigenvalue weighted by Crippen LogP contribution is -1.98. The third-order valence-corrected chi connectivity index (χ3v) is 3.14. The molecule has 0 bridgehead atoms. The van der Waals surface area contributed by atoms with Crippen LogP contribution in [0.4, 0.5) is 5.69 Å². The van der Waals surface area contributed by atoms with Gasteiger partial charge >= 0.3 is 0 Å². The van der Waals surface area contributed by atoms with Gasteiger partial charge < -0.3 is 10.8 Å². The highest BCUT2D eigenvalue weighted by atomic mass is 32.2. The molecule has 0 spiro atoms. The SMILES string of the molecule is Nc1ccc2ccc(S(=O)(=O)O)c(O)c2c1. The Morgan fingerprint density at radius 1 is 1.12 bits per heavy atom. The molecule has 0 aliphatic carbocycles. The van der Waals surface area contributed by atoms with Gasteiger partial charge in [-0.1, -0.05) is 12.1 Å². The molecule has 5 nitrogen and oxygen atoms in total. The Bertz CT molecular complexity index is 664. The predicted octanol–water partition coefficient (Wildman–Crippen LogP) is 1.37. The Hall–Kier alpha value is -1.79. The van der Waals surface area contributed by atoms with Gasteiger partial charge in [-0.3, -0.25) is 4.55 Å². The summed E-state index contributed by atoms with van der Waals surface area (Å²) in [7, 11) is -4.43. The van der Waals surface area contributed by atoms with Crippen molar-refractivity contribution in [2.45, 2.75) is 4.90 Å². The van der Waals surface area contributed by atoms with Crippen LogP contribution in [0.2, 0.25) is 0 Å². The van der Waals surface area contributed by atoms with Crippen LogP contribution in [0.25, 0.3) is 10.8 Å². The van der Waals surface area contributed by atoms with Gasteiger partial charge in [-0.25, -0.2) is 0 Å². The standard InChI is InChI=1S/C10H9NO4S/c11-7-3-1-6-2-4-9(16(13,14)15)10(12)8(6)5-7/h1-5,12H,11H2,(H,13,14,15). The number of phenols is 1. The summed E-state index contributed by atoms with van der Waals surface area (Å²) in [4.78, 5) is -0.523. The van der Waals surface area contributed by atoms with Gasteiger partial charge in [-0.05, 0) is 23.6 Å². The topological polar surface area (TPSA) is 101 Å². The molecule has 0 aliphatic heterocycles. The number of anilines is 1. The predicted molar refractivity (Wildman–Crippen MR) is 59.8 cm³/mol. The summed E-state index contributed by atoms with van der Waals surface area (Å²) in [6.07, 6.45) is 0. The molecule has 6 heteroatoms. The Labute approximate surface area is 91.9 Å². The number of benzene rings is 2. The van der Waals surface area contributed by atoms with Crippen LogP contribution in [0, 0.1) is 0 Å². The molecule has 2 aromatic rings. The first-order valence-electron chi connectivity index (χ1n) is 4.38. The molecule has 84 valence electrons. The maximum absolute atomic E-state index is 10.9. The van der Waals surface area contributed by atoms with Gasteiger partial charge in [0, 0.05) is 11.1 Å². The minimum atomic E-state index is -4.43. The fourth-order valence-electron chi connectivity index (χ4n) is 1.51. The molecular weight excluding hydrogens is 230 g/mol. The van der Waals surface area contributed by atoms with E-state index in [-0.39, 0.29) is 5.39 Å². The van der Waals surface area contributed by atoms with Gasteiger partial charge in [-0.15, -0.1) is 0 Å². The third-order valence-electron chi connectivity index (χ3n) is 2.26. The number of rotatable bonds is 1. The van der Waals surface area contributed by atoms with Crippen LogP contribution < -0.4 is 5.73 Å². The number of hydrogen-bond donors (Lipinski definition) is 3. The van der Waals surface area contributed by atoms with Gasteiger partial charge in [0.2, 0.25) is 0 Å². The third kappa shape index (κ3) is 1.68. The van der Waals surface area contributed by atoms with E-state index in [0.717, 1.165) is 6.07 Å². The average molecular weight is 239 g/mol. The fourth-order valence-corrected chi connectivity index (χ4v) is 2.10. The van der Waals surface area contributed by atoms with Crippen LogP contribution in [-0.2, 0) is 10.1 Å². The lowest BCUT2D eigenvalue weighted by molar-refractivity contribution is 0.448. The first-order chi connectivity index (χ1) is 7.39. The molecule has 2 rings (SSSR count). The summed E-state index contributed by atoms with van der Waals surface area (Å²) < 4.78 is 30.8. The lowest BCUT2D eigenvalue weighted by Gasteiger charge is -2.06. The zero-order chi connectivity index (χ0) is 11.9. The van der Waals surface area contributed by atoms with Crippen molar-refractivity contribution in [3.05, 3.63) is 30.3 Å². The number of hydrogen-bond acceptors (Lipinski definition) is 4. The molecule has 0 radical (unpaired) electrons. The Balaban J connectivity index is 2.89. The van der Waals surface area contributed by atoms with E-state index in [1.165, 1.54) is 12.1 Å². The Morgan fingerprint density at radius 2 is 1.75 bits per heavy atom. The number of fused-ring (bicyclic) bond motifs is 1. The van der Waals surface area contributed by atoms with Crippen LogP contribution in [0.5, 0.6) is 5.75 Å². The molecule has 0 saturated carbocycles. The Morgan fingerprint density at radius 3 is 2.38 bits per heavy atom. The molecule has 2 aromatic carbocycles. The van der Waals surface area contributed by atoms with Gasteiger partial charge in [0.15, 0.2) is 0 Å². The molecule has 0 fully saturated rings. The largest absolute Gasteiger partial charge is 0.506 e. The van der Waals surface area contributed by atoms with Crippen molar-refractivity contribution in [2.24, 2.45) is 0 Å². The summed E-state index contributed by atoms with van der Waals surface area (Å²) in [6.45, 7) is 0. The number of aromatic hydroxyl groups is 1. The van der Waals surface area contributed by atoms with Crippen LogP contribution in [-0.4, -0.2) is 18.1 Å². The normalized spacial score (nSPS) is 11.8. The summed E-state index contributed by atoms with van der Waals surface area (Å²) >= 11 is 0. The highest BCUT2D eigenvalue weighted by Crippen LogP contribution is 2.32. The van der Waals surface area contributed by atoms with Gasteiger partial charge in [-0.2, -0.15) is 8.42 Å². The minimum Gasteiger partial charge on any atom is -0.506 e. The van der Waals surface area contributed by atoms with Crippen LogP contribution in [0.1, 0.15) is 0 Å². The molecule has 0 heterocycles. The minimum absolute atomic E-state index is 0.287. The second-order valence-electron chi connectivity index (χ2n) is 3.37. The fraction of sp³-hybridized carbons (Fsp3) is 0. The number of phenolic OH excluding ortho intramolecular Hbond substituents is 1. The summed E-state index contributed by atoms with van der Waals surface area (Å²) in [5.41, 5.74) is 5.93. The second kappa shape index (κ2) is 3.36. The quantitative estimate of drug-likeness (QED) is 0.515. The molecule has 4 N–H and O–H groups in total. The summed E-state index contributed by atoms with van der Waals surface area (Å²) in [6, 6.07) is 7.35. The highest BCUT2D eigenvalue weighted by molar-refractivity contribution is 7.86. The summed E-state index contributed by atoms with van der Waals surface area (Å²) in [5.74, 6) is -0.493. The van der Waals surface area contributed by atoms with E-state index >= 15 is 0 Å². The zero-order valence-electron chi connectivity index (χ0n) is 8.08. The molecular formula is C10H9NO4S. The van der Waals surface area contributed by atoms with Gasteiger partial charge in [0.1, 0.15) is 10.6 Å². The first kappa shape index (κ1) is 10.7. The highest BCUT2D eigenvalue weighted by Gasteiger charge is 2.17. The Kier molecular flexibility index (Phi) is 2.25. The van der Waals surface area contributed by atoms with E-state index < -0.39 is 20.8 Å². The van der Waals surface area contributed by atoms with Crippen molar-refractivity contribution in [3.8, 4) is 5.75 Å². The van der Waals surface area contributed by atoms with E-state index in [1.807, 2.05) is 0 Å². The summed E-state index contributed by atoms with van der Waals surface area (Å²) in [5, 5.41) is 10.6. The van der Waals surface area contributed by atoms with Crippen molar-refractivity contribution < 1.29 is 18.1 Å². The second-order valence-corrected chi connectivity index (χ2v) is 4.76. The van der Waals surface area contributed by atoms with Gasteiger partial charge in [0.05, 0.1) is 0 Å². The number of nitrogen functional groups attached to an aromatic ring is 1. The molecule has 0 aliphatic rings. The van der Waals surface area contributed by atoms with Crippen molar-refractivity contribution in [2.75, 3.05) is 5.73 Å². The zero-order valence-corrected chi connectivity index (χ0v) is 8.90. The molecule has 16 heavy (non-hydrogen) atoms.